The molecule has 5 nitrogen and oxygen atoms in total. The number of benzene rings is 2. The van der Waals surface area contributed by atoms with E-state index in [4.69, 9.17) is 18.7 Å². The van der Waals surface area contributed by atoms with Crippen molar-refractivity contribution in [1.29, 1.82) is 0 Å². The van der Waals surface area contributed by atoms with Crippen molar-refractivity contribution >= 4 is 19.9 Å². The third-order valence-corrected chi connectivity index (χ3v) is 4.39. The van der Waals surface area contributed by atoms with Crippen LogP contribution in [0.25, 0.3) is 0 Å². The summed E-state index contributed by atoms with van der Waals surface area (Å²) in [6.45, 7) is 2.48. The van der Waals surface area contributed by atoms with E-state index in [0.29, 0.717) is 29.4 Å². The van der Waals surface area contributed by atoms with Crippen LogP contribution < -0.4 is 38.4 Å². The first-order valence-electron chi connectivity index (χ1n) is 7.54. The van der Waals surface area contributed by atoms with Gasteiger partial charge in [0.15, 0.2) is 12.4 Å². The van der Waals surface area contributed by atoms with Crippen molar-refractivity contribution in [2.24, 2.45) is 0 Å². The van der Waals surface area contributed by atoms with E-state index in [-0.39, 0.29) is 41.5 Å². The average molecular weight is 356 g/mol. The molecule has 2 aromatic rings. The second-order valence-electron chi connectivity index (χ2n) is 4.82. The van der Waals surface area contributed by atoms with E-state index >= 15 is 0 Å². The predicted molar refractivity (Wildman–Crippen MR) is 96.5 cm³/mol. The summed E-state index contributed by atoms with van der Waals surface area (Å²) in [5.41, 5.74) is 0.617. The number of methoxy groups -OCH3 is 2. The topological polar surface area (TPSA) is 54.0 Å². The number of carbonyl (C=O) groups excluding carboxylic acids is 1. The second kappa shape index (κ2) is 11.2. The Morgan fingerprint density at radius 2 is 1.68 bits per heavy atom. The Bertz CT molecular complexity index is 660. The molecule has 0 radical (unpaired) electrons. The van der Waals surface area contributed by atoms with E-state index in [9.17, 15) is 4.79 Å². The smallest absolute Gasteiger partial charge is 1.00 e. The molecule has 0 aliphatic rings. The summed E-state index contributed by atoms with van der Waals surface area (Å²) in [5.74, 6) is 1.65. The fourth-order valence-corrected chi connectivity index (χ4v) is 2.91. The van der Waals surface area contributed by atoms with Gasteiger partial charge in [0.25, 0.3) is 0 Å². The quantitative estimate of drug-likeness (QED) is 0.368. The Morgan fingerprint density at radius 1 is 1.08 bits per heavy atom. The summed E-state index contributed by atoms with van der Waals surface area (Å²) < 4.78 is 21.9. The molecule has 2 rings (SSSR count). The first-order valence-corrected chi connectivity index (χ1v) is 8.45. The molecule has 7 heteroatoms. The third kappa shape index (κ3) is 6.06. The molecule has 0 bridgehead atoms. The molecule has 0 saturated carbocycles. The molecule has 0 aliphatic carbocycles. The summed E-state index contributed by atoms with van der Waals surface area (Å²) in [6, 6.07) is 12.5. The average Bonchev–Trinajstić information content (AvgIpc) is 2.64. The van der Waals surface area contributed by atoms with Crippen LogP contribution in [-0.4, -0.2) is 33.2 Å². The van der Waals surface area contributed by atoms with E-state index in [1.807, 2.05) is 25.1 Å². The maximum atomic E-state index is 12.1. The minimum atomic E-state index is -0.0891. The predicted octanol–water partition coefficient (Wildman–Crippen LogP) is 0.337. The molecule has 130 valence electrons. The molecule has 25 heavy (non-hydrogen) atoms. The molecule has 0 aromatic heterocycles. The van der Waals surface area contributed by atoms with Crippen LogP contribution in [0.1, 0.15) is 18.7 Å². The second-order valence-corrected chi connectivity index (χ2v) is 5.81. The van der Waals surface area contributed by atoms with Gasteiger partial charge in [0.05, 0.1) is 28.3 Å². The fraction of sp³-hybridized carbons (Fsp3) is 0.278. The van der Waals surface area contributed by atoms with Crippen LogP contribution in [0.2, 0.25) is 0 Å². The van der Waals surface area contributed by atoms with Crippen LogP contribution in [0.4, 0.5) is 0 Å². The Kier molecular flexibility index (Phi) is 9.63. The van der Waals surface area contributed by atoms with Gasteiger partial charge in [-0.25, -0.2) is 0 Å². The van der Waals surface area contributed by atoms with Crippen LogP contribution in [0.3, 0.4) is 0 Å². The van der Waals surface area contributed by atoms with Crippen LogP contribution >= 0.6 is 8.81 Å². The number of carbonyl (C=O) groups is 1. The molecule has 0 saturated heterocycles. The summed E-state index contributed by atoms with van der Waals surface area (Å²) in [5, 5.41) is 0.837. The largest absolute Gasteiger partial charge is 1.00 e. The zero-order chi connectivity index (χ0) is 17.4. The van der Waals surface area contributed by atoms with Gasteiger partial charge in [-0.3, -0.25) is 4.79 Å². The van der Waals surface area contributed by atoms with Crippen molar-refractivity contribution in [1.82, 2.24) is 0 Å². The van der Waals surface area contributed by atoms with Gasteiger partial charge >= 0.3 is 18.9 Å². The van der Waals surface area contributed by atoms with E-state index in [2.05, 4.69) is 0 Å². The van der Waals surface area contributed by atoms with Crippen LogP contribution in [0.15, 0.2) is 42.5 Å². The minimum Gasteiger partial charge on any atom is -1.00 e. The van der Waals surface area contributed by atoms with Crippen molar-refractivity contribution in [3.05, 3.63) is 48.0 Å². The molecule has 0 spiro atoms. The van der Waals surface area contributed by atoms with Crippen LogP contribution in [-0.2, 0) is 4.52 Å². The molecule has 0 amide bonds. The zero-order valence-electron chi connectivity index (χ0n) is 16.0. The number of ketones is 1. The third-order valence-electron chi connectivity index (χ3n) is 3.26. The molecule has 0 N–H and O–H groups in total. The number of ether oxygens (including phenoxy) is 3. The Labute approximate surface area is 163 Å². The number of rotatable bonds is 9. The van der Waals surface area contributed by atoms with Gasteiger partial charge in [0, 0.05) is 24.3 Å². The molecular formula is C18H22LiO5P. The number of Topliss-reactive ketones (excluding diaryl/α,β-unsaturated/α-hetero) is 1. The summed E-state index contributed by atoms with van der Waals surface area (Å²) >= 11 is 0. The van der Waals surface area contributed by atoms with E-state index < -0.39 is 0 Å². The van der Waals surface area contributed by atoms with Crippen molar-refractivity contribution < 1.29 is 43.8 Å². The Balaban J connectivity index is 0.00000312. The number of hydrogen-bond acceptors (Lipinski definition) is 5. The van der Waals surface area contributed by atoms with E-state index in [1.54, 1.807) is 38.5 Å². The van der Waals surface area contributed by atoms with Gasteiger partial charge < -0.3 is 20.2 Å². The van der Waals surface area contributed by atoms with Crippen LogP contribution in [0, 0.1) is 0 Å². The molecule has 2 aromatic carbocycles. The molecule has 0 aliphatic heterocycles. The van der Waals surface area contributed by atoms with Crippen molar-refractivity contribution in [3.63, 3.8) is 0 Å². The fourth-order valence-electron chi connectivity index (χ4n) is 2.07. The van der Waals surface area contributed by atoms with Gasteiger partial charge in [-0.2, -0.15) is 0 Å². The van der Waals surface area contributed by atoms with Gasteiger partial charge in [-0.15, -0.1) is 0 Å². The van der Waals surface area contributed by atoms with Gasteiger partial charge in [0.1, 0.15) is 17.2 Å². The van der Waals surface area contributed by atoms with Crippen LogP contribution in [0.5, 0.6) is 17.2 Å². The maximum Gasteiger partial charge on any atom is 1.00 e. The Morgan fingerprint density at radius 3 is 2.20 bits per heavy atom. The summed E-state index contributed by atoms with van der Waals surface area (Å²) in [6.07, 6.45) is 0. The standard InChI is InChI=1S/C18H21O5P.Li.H/c1-4-23-24-18-16(20-2)10-14(11-17(18)21-3)22-12-15(19)13-8-6-5-7-9-13;;/h5-11,24H,4,12H2,1-3H3;;/q;+1;-1. The molecule has 0 heterocycles. The van der Waals surface area contributed by atoms with Crippen molar-refractivity contribution in [3.8, 4) is 17.2 Å². The first kappa shape index (κ1) is 21.5. The summed E-state index contributed by atoms with van der Waals surface area (Å²) in [7, 11) is 3.27. The normalized spacial score (nSPS) is 10.4. The number of hydrogen-bond donors (Lipinski definition) is 0. The minimum absolute atomic E-state index is 0. The van der Waals surface area contributed by atoms with Crippen molar-refractivity contribution in [2.45, 2.75) is 6.92 Å². The molecule has 1 unspecified atom stereocenters. The van der Waals surface area contributed by atoms with E-state index in [0.717, 1.165) is 5.30 Å². The first-order chi connectivity index (χ1) is 11.7. The molecule has 1 atom stereocenters. The van der Waals surface area contributed by atoms with Gasteiger partial charge in [0.2, 0.25) is 0 Å². The van der Waals surface area contributed by atoms with Gasteiger partial charge in [-0.05, 0) is 6.92 Å². The van der Waals surface area contributed by atoms with E-state index in [1.165, 1.54) is 0 Å². The summed E-state index contributed by atoms with van der Waals surface area (Å²) in [4.78, 5) is 12.1. The molecular weight excluding hydrogens is 334 g/mol. The monoisotopic (exact) mass is 356 g/mol. The zero-order valence-corrected chi connectivity index (χ0v) is 16.0. The van der Waals surface area contributed by atoms with Crippen molar-refractivity contribution in [2.75, 3.05) is 27.4 Å². The van der Waals surface area contributed by atoms with Gasteiger partial charge in [-0.1, -0.05) is 30.3 Å². The SMILES string of the molecule is CCOPc1c(OC)cc(OCC(=O)c2ccccc2)cc1OC.[H-].[Li+]. The maximum absolute atomic E-state index is 12.1. The molecule has 0 fully saturated rings. The Hall–Kier alpha value is -1.50.